The van der Waals surface area contributed by atoms with E-state index in [0.717, 1.165) is 106 Å². The molecule has 3 saturated heterocycles. The topological polar surface area (TPSA) is 85.8 Å². The van der Waals surface area contributed by atoms with Crippen LogP contribution >= 0.6 is 0 Å². The van der Waals surface area contributed by atoms with Gasteiger partial charge in [-0.3, -0.25) is 14.9 Å². The quantitative estimate of drug-likeness (QED) is 0.554. The summed E-state index contributed by atoms with van der Waals surface area (Å²) in [6.07, 6.45) is 5.77. The van der Waals surface area contributed by atoms with Crippen molar-refractivity contribution in [1.82, 2.24) is 30.2 Å². The van der Waals surface area contributed by atoms with E-state index in [2.05, 4.69) is 65.8 Å². The first-order valence-corrected chi connectivity index (χ1v) is 13.5. The second kappa shape index (κ2) is 10.7. The van der Waals surface area contributed by atoms with E-state index in [-0.39, 0.29) is 13.6 Å². The number of anilines is 3. The second-order valence-corrected chi connectivity index (χ2v) is 10.4. The lowest BCUT2D eigenvalue weighted by Gasteiger charge is -2.42. The van der Waals surface area contributed by atoms with Crippen molar-refractivity contribution < 1.29 is 6.16 Å². The minimum absolute atomic E-state index is 0. The van der Waals surface area contributed by atoms with Crippen molar-refractivity contribution in [3.8, 4) is 0 Å². The Kier molecular flexibility index (Phi) is 7.04. The summed E-state index contributed by atoms with van der Waals surface area (Å²) in [6.45, 7) is 14.7. The zero-order chi connectivity index (χ0) is 25.2. The van der Waals surface area contributed by atoms with Gasteiger partial charge in [0.05, 0.1) is 23.4 Å². The Morgan fingerprint density at radius 2 is 1.65 bits per heavy atom. The van der Waals surface area contributed by atoms with Crippen LogP contribution in [-0.2, 0) is 4.74 Å². The highest BCUT2D eigenvalue weighted by Crippen LogP contribution is 2.29. The smallest absolute Gasteiger partial charge is 0.227 e. The molecule has 3 aliphatic heterocycles. The largest absolute Gasteiger partial charge is 0.370 e. The van der Waals surface area contributed by atoms with Crippen LogP contribution in [0, 0.1) is 6.92 Å². The second-order valence-electron chi connectivity index (χ2n) is 10.4. The number of nitrogens with zero attached hydrogens (tertiary/aromatic N) is 8. The first-order valence-electron chi connectivity index (χ1n) is 13.5. The molecule has 3 aliphatic rings. The number of piperazine rings is 2. The Morgan fingerprint density at radius 3 is 2.46 bits per heavy atom. The zero-order valence-corrected chi connectivity index (χ0v) is 21.9. The number of ether oxygens (including phenoxy) is 1. The Balaban J connectivity index is 0.00000294. The van der Waals surface area contributed by atoms with Crippen molar-refractivity contribution in [2.75, 3.05) is 86.7 Å². The minimum atomic E-state index is 0. The van der Waals surface area contributed by atoms with Gasteiger partial charge in [-0.05, 0) is 31.5 Å². The Labute approximate surface area is 220 Å². The van der Waals surface area contributed by atoms with Crippen LogP contribution in [0.5, 0.6) is 0 Å². The number of aryl methyl sites for hydroxylation is 1. The molecule has 3 fully saturated rings. The van der Waals surface area contributed by atoms with Crippen molar-refractivity contribution in [3.63, 3.8) is 0 Å². The average Bonchev–Trinajstić information content (AvgIpc) is 2.94. The lowest BCUT2D eigenvalue weighted by Crippen LogP contribution is -2.54. The van der Waals surface area contributed by atoms with Crippen molar-refractivity contribution >= 4 is 28.5 Å². The van der Waals surface area contributed by atoms with E-state index >= 15 is 0 Å². The van der Waals surface area contributed by atoms with Gasteiger partial charge in [0.25, 0.3) is 0 Å². The monoisotopic (exact) mass is 505 g/mol. The van der Waals surface area contributed by atoms with Crippen LogP contribution in [0.3, 0.4) is 0 Å². The summed E-state index contributed by atoms with van der Waals surface area (Å²) in [7, 11) is 0. The van der Waals surface area contributed by atoms with E-state index in [4.69, 9.17) is 9.72 Å². The molecule has 2 aromatic heterocycles. The van der Waals surface area contributed by atoms with Gasteiger partial charge in [0.1, 0.15) is 11.3 Å². The molecule has 5 heterocycles. The van der Waals surface area contributed by atoms with Crippen LogP contribution < -0.4 is 20.0 Å². The number of aromatic nitrogens is 4. The first kappa shape index (κ1) is 24.3. The molecule has 10 nitrogen and oxygen atoms in total. The predicted octanol–water partition coefficient (Wildman–Crippen LogP) is 1.80. The van der Waals surface area contributed by atoms with Gasteiger partial charge in [-0.25, -0.2) is 4.98 Å². The van der Waals surface area contributed by atoms with Crippen LogP contribution in [0.15, 0.2) is 36.8 Å². The van der Waals surface area contributed by atoms with Crippen molar-refractivity contribution in [2.24, 2.45) is 0 Å². The van der Waals surface area contributed by atoms with E-state index in [9.17, 15) is 0 Å². The number of morpholine rings is 1. The minimum Gasteiger partial charge on any atom is -0.370 e. The van der Waals surface area contributed by atoms with Gasteiger partial charge in [0, 0.05) is 92.0 Å². The van der Waals surface area contributed by atoms with Crippen molar-refractivity contribution in [3.05, 3.63) is 42.4 Å². The molecule has 10 heteroatoms. The zero-order valence-electron chi connectivity index (χ0n) is 21.9. The molecule has 0 bridgehead atoms. The highest BCUT2D eigenvalue weighted by Gasteiger charge is 2.30. The number of hydrogen-bond donors (Lipinski definition) is 1. The lowest BCUT2D eigenvalue weighted by molar-refractivity contribution is -0.0327. The molecule has 0 spiro atoms. The van der Waals surface area contributed by atoms with Crippen molar-refractivity contribution in [2.45, 2.75) is 26.1 Å². The fourth-order valence-corrected chi connectivity index (χ4v) is 5.75. The third-order valence-corrected chi connectivity index (χ3v) is 7.66. The molecule has 0 unspecified atom stereocenters. The first-order chi connectivity index (χ1) is 18.1. The molecule has 0 aliphatic carbocycles. The van der Waals surface area contributed by atoms with Crippen LogP contribution in [0.2, 0.25) is 0 Å². The van der Waals surface area contributed by atoms with E-state index in [0.29, 0.717) is 0 Å². The van der Waals surface area contributed by atoms with Gasteiger partial charge in [-0.1, -0.05) is 6.07 Å². The summed E-state index contributed by atoms with van der Waals surface area (Å²) < 4.78 is 6.40. The maximum absolute atomic E-state index is 6.40. The lowest BCUT2D eigenvalue weighted by atomic mass is 10.1. The standard InChI is InChI=1S/C27H37N9O.H2/c1-20-3-4-23(26-25(20)29-7-8-30-26)36-17-21(2)37-22(19-36)18-33-13-15-35(16-14-33)27-31-6-5-24(32-27)34-11-9-28-10-12-34;/h3-8,21-22,28H,9-19H2,1-2H3;1H/t21-,22+;/m1./s1. The Morgan fingerprint density at radius 1 is 0.865 bits per heavy atom. The molecule has 1 N–H and O–H groups in total. The van der Waals surface area contributed by atoms with Gasteiger partial charge in [0.2, 0.25) is 5.95 Å². The van der Waals surface area contributed by atoms with Crippen LogP contribution in [0.1, 0.15) is 13.9 Å². The summed E-state index contributed by atoms with van der Waals surface area (Å²) in [4.78, 5) is 28.4. The number of fused-ring (bicyclic) bond motifs is 1. The maximum atomic E-state index is 6.40. The van der Waals surface area contributed by atoms with Crippen LogP contribution in [-0.4, -0.2) is 109 Å². The highest BCUT2D eigenvalue weighted by atomic mass is 16.5. The van der Waals surface area contributed by atoms with E-state index in [1.165, 1.54) is 0 Å². The Hall–Kier alpha value is -3.08. The Bertz CT molecular complexity index is 1220. The number of benzene rings is 1. The normalized spacial score (nSPS) is 23.6. The van der Waals surface area contributed by atoms with Crippen LogP contribution in [0.25, 0.3) is 11.0 Å². The molecule has 0 radical (unpaired) electrons. The third kappa shape index (κ3) is 5.32. The van der Waals surface area contributed by atoms with E-state index in [1.54, 1.807) is 12.4 Å². The average molecular weight is 506 g/mol. The molecule has 2 atom stereocenters. The summed E-state index contributed by atoms with van der Waals surface area (Å²) in [5, 5.41) is 3.41. The molecule has 37 heavy (non-hydrogen) atoms. The summed E-state index contributed by atoms with van der Waals surface area (Å²) >= 11 is 0. The number of rotatable bonds is 5. The van der Waals surface area contributed by atoms with Gasteiger partial charge in [0.15, 0.2) is 0 Å². The predicted molar refractivity (Wildman–Crippen MR) is 149 cm³/mol. The summed E-state index contributed by atoms with van der Waals surface area (Å²) in [5.74, 6) is 1.88. The molecule has 0 amide bonds. The fraction of sp³-hybridized carbons (Fsp3) is 0.556. The molecular formula is C27H39N9O. The van der Waals surface area contributed by atoms with Crippen molar-refractivity contribution in [1.29, 1.82) is 0 Å². The maximum Gasteiger partial charge on any atom is 0.227 e. The molecule has 6 rings (SSSR count). The van der Waals surface area contributed by atoms with E-state index < -0.39 is 0 Å². The fourth-order valence-electron chi connectivity index (χ4n) is 5.75. The van der Waals surface area contributed by atoms with Crippen LogP contribution in [0.4, 0.5) is 17.5 Å². The molecule has 1 aromatic carbocycles. The summed E-state index contributed by atoms with van der Waals surface area (Å²) in [5.41, 5.74) is 4.27. The SMILES string of the molecule is Cc1ccc(N2C[C@H](CN3CCN(c4nccc(N5CCNCC5)n4)CC3)O[C@H](C)C2)c2nccnc12.[HH]. The van der Waals surface area contributed by atoms with Gasteiger partial charge < -0.3 is 24.8 Å². The van der Waals surface area contributed by atoms with Gasteiger partial charge in [-0.15, -0.1) is 0 Å². The summed E-state index contributed by atoms with van der Waals surface area (Å²) in [6, 6.07) is 6.37. The molecular weight excluding hydrogens is 466 g/mol. The molecule has 3 aromatic rings. The van der Waals surface area contributed by atoms with Gasteiger partial charge in [-0.2, -0.15) is 4.98 Å². The highest BCUT2D eigenvalue weighted by molar-refractivity contribution is 5.90. The van der Waals surface area contributed by atoms with E-state index in [1.807, 2.05) is 12.3 Å². The number of nitrogens with one attached hydrogen (secondary N) is 1. The third-order valence-electron chi connectivity index (χ3n) is 7.66. The molecule has 198 valence electrons. The molecule has 0 saturated carbocycles. The van der Waals surface area contributed by atoms with Gasteiger partial charge >= 0.3 is 0 Å². The number of hydrogen-bond acceptors (Lipinski definition) is 10.